The number of nitrogens with one attached hydrogen (secondary N) is 2. The van der Waals surface area contributed by atoms with Gasteiger partial charge in [0, 0.05) is 28.4 Å². The monoisotopic (exact) mass is 471 g/mol. The Morgan fingerprint density at radius 2 is 2.04 bits per heavy atom. The Morgan fingerprint density at radius 1 is 1.35 bits per heavy atom. The quantitative estimate of drug-likeness (QED) is 0.356. The van der Waals surface area contributed by atoms with Crippen LogP contribution in [0.3, 0.4) is 0 Å². The Hall–Kier alpha value is -0.340. The Kier molecular flexibility index (Phi) is 11.1. The van der Waals surface area contributed by atoms with E-state index in [0.29, 0.717) is 11.6 Å². The number of hydrogen-bond donors (Lipinski definition) is 2. The van der Waals surface area contributed by atoms with E-state index >= 15 is 0 Å². The van der Waals surface area contributed by atoms with Crippen molar-refractivity contribution >= 4 is 53.3 Å². The maximum Gasteiger partial charge on any atom is 0.191 e. The number of hydrogen-bond acceptors (Lipinski definition) is 3. The molecular weight excluding hydrogens is 445 g/mol. The third-order valence-electron chi connectivity index (χ3n) is 3.24. The molecule has 0 saturated heterocycles. The minimum atomic E-state index is 0. The topological polar surface area (TPSA) is 45.7 Å². The minimum Gasteiger partial charge on any atom is -0.496 e. The van der Waals surface area contributed by atoms with E-state index in [-0.39, 0.29) is 28.7 Å². The SMILES string of the molecule is CCNC(=NCc1ccc(Cl)cc1OC)NCC(C)(C)SC.I. The van der Waals surface area contributed by atoms with Crippen molar-refractivity contribution in [3.8, 4) is 5.75 Å². The first kappa shape index (κ1) is 22.7. The molecule has 23 heavy (non-hydrogen) atoms. The van der Waals surface area contributed by atoms with Gasteiger partial charge in [-0.15, -0.1) is 24.0 Å². The normalized spacial score (nSPS) is 11.7. The summed E-state index contributed by atoms with van der Waals surface area (Å²) in [4.78, 5) is 4.62. The zero-order valence-corrected chi connectivity index (χ0v) is 18.3. The highest BCUT2D eigenvalue weighted by Crippen LogP contribution is 2.23. The molecule has 0 aromatic heterocycles. The molecule has 2 N–H and O–H groups in total. The molecule has 1 rings (SSSR count). The fraction of sp³-hybridized carbons (Fsp3) is 0.562. The summed E-state index contributed by atoms with van der Waals surface area (Å²) >= 11 is 7.81. The number of benzene rings is 1. The first-order valence-corrected chi connectivity index (χ1v) is 8.92. The smallest absolute Gasteiger partial charge is 0.191 e. The lowest BCUT2D eigenvalue weighted by molar-refractivity contribution is 0.410. The molecule has 0 saturated carbocycles. The van der Waals surface area contributed by atoms with Crippen LogP contribution in [0.4, 0.5) is 0 Å². The van der Waals surface area contributed by atoms with Crippen molar-refractivity contribution < 1.29 is 4.74 Å². The Labute approximate surface area is 166 Å². The highest BCUT2D eigenvalue weighted by atomic mass is 127. The summed E-state index contributed by atoms with van der Waals surface area (Å²) in [5.74, 6) is 1.57. The molecule has 4 nitrogen and oxygen atoms in total. The molecule has 0 radical (unpaired) electrons. The van der Waals surface area contributed by atoms with E-state index in [9.17, 15) is 0 Å². The van der Waals surface area contributed by atoms with Gasteiger partial charge in [-0.1, -0.05) is 17.7 Å². The number of thioether (sulfide) groups is 1. The lowest BCUT2D eigenvalue weighted by atomic mass is 10.2. The zero-order valence-electron chi connectivity index (χ0n) is 14.4. The van der Waals surface area contributed by atoms with E-state index in [1.54, 1.807) is 7.11 Å². The lowest BCUT2D eigenvalue weighted by Crippen LogP contribution is -2.43. The number of halogens is 2. The van der Waals surface area contributed by atoms with Crippen LogP contribution >= 0.6 is 47.3 Å². The molecule has 0 aliphatic rings. The average Bonchev–Trinajstić information content (AvgIpc) is 2.50. The summed E-state index contributed by atoms with van der Waals surface area (Å²) in [5, 5.41) is 7.31. The third kappa shape index (κ3) is 8.35. The molecule has 0 atom stereocenters. The second-order valence-corrected chi connectivity index (χ2v) is 7.42. The van der Waals surface area contributed by atoms with Crippen molar-refractivity contribution in [1.29, 1.82) is 0 Å². The highest BCUT2D eigenvalue weighted by Gasteiger charge is 2.16. The average molecular weight is 472 g/mol. The molecule has 7 heteroatoms. The summed E-state index contributed by atoms with van der Waals surface area (Å²) in [6.07, 6.45) is 2.12. The maximum atomic E-state index is 5.98. The first-order valence-electron chi connectivity index (χ1n) is 7.31. The van der Waals surface area contributed by atoms with Crippen LogP contribution in [-0.2, 0) is 6.54 Å². The van der Waals surface area contributed by atoms with Gasteiger partial charge < -0.3 is 15.4 Å². The lowest BCUT2D eigenvalue weighted by Gasteiger charge is -2.23. The van der Waals surface area contributed by atoms with Gasteiger partial charge in [0.25, 0.3) is 0 Å². The number of methoxy groups -OCH3 is 1. The van der Waals surface area contributed by atoms with Gasteiger partial charge in [0.15, 0.2) is 5.96 Å². The standard InChI is InChI=1S/C16H26ClN3OS.HI/c1-6-18-15(20-11-16(2,3)22-5)19-10-12-7-8-13(17)9-14(12)21-4;/h7-9H,6,10-11H2,1-5H3,(H2,18,19,20);1H. The second-order valence-electron chi connectivity index (χ2n) is 5.47. The van der Waals surface area contributed by atoms with Crippen LogP contribution < -0.4 is 15.4 Å². The molecule has 1 aromatic carbocycles. The Morgan fingerprint density at radius 3 is 2.61 bits per heavy atom. The van der Waals surface area contributed by atoms with Crippen molar-refractivity contribution in [2.45, 2.75) is 32.1 Å². The fourth-order valence-corrected chi connectivity index (χ4v) is 2.10. The summed E-state index contributed by atoms with van der Waals surface area (Å²) in [7, 11) is 1.64. The van der Waals surface area contributed by atoms with Crippen molar-refractivity contribution in [2.75, 3.05) is 26.5 Å². The molecule has 0 heterocycles. The molecule has 1 aromatic rings. The van der Waals surface area contributed by atoms with Gasteiger partial charge in [-0.2, -0.15) is 11.8 Å². The largest absolute Gasteiger partial charge is 0.496 e. The number of guanidine groups is 1. The second kappa shape index (κ2) is 11.3. The van der Waals surface area contributed by atoms with Gasteiger partial charge in [0.05, 0.1) is 13.7 Å². The molecule has 0 aliphatic carbocycles. The minimum absolute atomic E-state index is 0. The molecule has 0 fully saturated rings. The molecule has 0 amide bonds. The van der Waals surface area contributed by atoms with Crippen molar-refractivity contribution in [3.63, 3.8) is 0 Å². The molecule has 0 bridgehead atoms. The van der Waals surface area contributed by atoms with Crippen molar-refractivity contribution in [3.05, 3.63) is 28.8 Å². The molecule has 0 unspecified atom stereocenters. The van der Waals surface area contributed by atoms with E-state index in [1.165, 1.54) is 0 Å². The van der Waals surface area contributed by atoms with Crippen LogP contribution in [0, 0.1) is 0 Å². The fourth-order valence-electron chi connectivity index (χ4n) is 1.72. The van der Waals surface area contributed by atoms with Gasteiger partial charge in [-0.05, 0) is 39.2 Å². The number of aliphatic imine (C=N–C) groups is 1. The van der Waals surface area contributed by atoms with Crippen LogP contribution in [0.1, 0.15) is 26.3 Å². The van der Waals surface area contributed by atoms with Crippen LogP contribution in [0.5, 0.6) is 5.75 Å². The van der Waals surface area contributed by atoms with E-state index in [4.69, 9.17) is 16.3 Å². The van der Waals surface area contributed by atoms with Gasteiger partial charge >= 0.3 is 0 Å². The summed E-state index contributed by atoms with van der Waals surface area (Å²) in [5.41, 5.74) is 1.01. The van der Waals surface area contributed by atoms with Gasteiger partial charge in [0.1, 0.15) is 5.75 Å². The number of nitrogens with zero attached hydrogens (tertiary/aromatic N) is 1. The Bertz CT molecular complexity index is 512. The van der Waals surface area contributed by atoms with Gasteiger partial charge in [0.2, 0.25) is 0 Å². The van der Waals surface area contributed by atoms with Crippen LogP contribution in [0.2, 0.25) is 5.02 Å². The van der Waals surface area contributed by atoms with Crippen molar-refractivity contribution in [1.82, 2.24) is 10.6 Å². The third-order valence-corrected chi connectivity index (χ3v) is 4.72. The highest BCUT2D eigenvalue weighted by molar-refractivity contribution is 14.0. The van der Waals surface area contributed by atoms with E-state index in [1.807, 2.05) is 30.0 Å². The predicted molar refractivity (Wildman–Crippen MR) is 114 cm³/mol. The molecule has 0 spiro atoms. The maximum absolute atomic E-state index is 5.98. The van der Waals surface area contributed by atoms with Gasteiger partial charge in [-0.3, -0.25) is 0 Å². The molecule has 0 aliphatic heterocycles. The Balaban J connectivity index is 0.00000484. The summed E-state index contributed by atoms with van der Waals surface area (Å²) < 4.78 is 5.51. The van der Waals surface area contributed by atoms with E-state index < -0.39 is 0 Å². The van der Waals surface area contributed by atoms with E-state index in [2.05, 4.69) is 42.7 Å². The number of rotatable bonds is 7. The molecule has 132 valence electrons. The van der Waals surface area contributed by atoms with Crippen LogP contribution in [0.25, 0.3) is 0 Å². The van der Waals surface area contributed by atoms with Crippen LogP contribution in [0.15, 0.2) is 23.2 Å². The van der Waals surface area contributed by atoms with Gasteiger partial charge in [-0.25, -0.2) is 4.99 Å². The first-order chi connectivity index (χ1) is 10.4. The molecular formula is C16H27ClIN3OS. The summed E-state index contributed by atoms with van der Waals surface area (Å²) in [6.45, 7) is 8.67. The summed E-state index contributed by atoms with van der Waals surface area (Å²) in [6, 6.07) is 5.61. The van der Waals surface area contributed by atoms with E-state index in [0.717, 1.165) is 30.4 Å². The number of ether oxygens (including phenoxy) is 1. The zero-order chi connectivity index (χ0) is 16.6. The van der Waals surface area contributed by atoms with Crippen LogP contribution in [-0.4, -0.2) is 37.2 Å². The van der Waals surface area contributed by atoms with Crippen molar-refractivity contribution in [2.24, 2.45) is 4.99 Å². The predicted octanol–water partition coefficient (Wildman–Crippen LogP) is 4.16.